The molecule has 0 unspecified atom stereocenters. The van der Waals surface area contributed by atoms with Crippen molar-refractivity contribution in [2.45, 2.75) is 50.5 Å². The van der Waals surface area contributed by atoms with Gasteiger partial charge in [-0.25, -0.2) is 8.78 Å². The molecule has 2 aliphatic rings. The predicted molar refractivity (Wildman–Crippen MR) is 101 cm³/mol. The number of aliphatic carboxylic acids is 1. The third-order valence-electron chi connectivity index (χ3n) is 6.28. The van der Waals surface area contributed by atoms with Crippen LogP contribution in [0.3, 0.4) is 0 Å². The molecule has 1 N–H and O–H groups in total. The number of hydrogen-bond donors (Lipinski definition) is 1. The fourth-order valence-corrected chi connectivity index (χ4v) is 4.33. The molecule has 0 spiro atoms. The first-order chi connectivity index (χ1) is 14.4. The third-order valence-corrected chi connectivity index (χ3v) is 6.28. The van der Waals surface area contributed by atoms with Crippen molar-refractivity contribution in [3.63, 3.8) is 0 Å². The lowest BCUT2D eigenvalue weighted by Gasteiger charge is -2.33. The Morgan fingerprint density at radius 2 is 2.03 bits per heavy atom. The Kier molecular flexibility index (Phi) is 4.23. The molecule has 3 aromatic rings. The highest BCUT2D eigenvalue weighted by molar-refractivity contribution is 5.71. The Bertz CT molecular complexity index is 1110. The van der Waals surface area contributed by atoms with Crippen LogP contribution in [-0.4, -0.2) is 31.0 Å². The van der Waals surface area contributed by atoms with Crippen molar-refractivity contribution in [1.82, 2.24) is 19.9 Å². The predicted octanol–water partition coefficient (Wildman–Crippen LogP) is 4.29. The normalized spacial score (nSPS) is 22.1. The highest BCUT2D eigenvalue weighted by atomic mass is 19.3. The maximum absolute atomic E-state index is 13.6. The quantitative estimate of drug-likeness (QED) is 0.647. The lowest BCUT2D eigenvalue weighted by Crippen LogP contribution is -2.33. The minimum Gasteiger partial charge on any atom is -0.481 e. The first-order valence-corrected chi connectivity index (χ1v) is 9.90. The van der Waals surface area contributed by atoms with Gasteiger partial charge in [0.15, 0.2) is 11.5 Å². The molecule has 1 aromatic carbocycles. The summed E-state index contributed by atoms with van der Waals surface area (Å²) >= 11 is 0. The Balaban J connectivity index is 1.45. The van der Waals surface area contributed by atoms with Crippen LogP contribution in [0.2, 0.25) is 0 Å². The molecule has 30 heavy (non-hydrogen) atoms. The average Bonchev–Trinajstić information content (AvgIpc) is 3.11. The number of halogens is 2. The minimum atomic E-state index is -2.74. The van der Waals surface area contributed by atoms with Gasteiger partial charge in [0.1, 0.15) is 5.69 Å². The fraction of sp³-hybridized carbons (Fsp3) is 0.429. The smallest absolute Gasteiger partial charge is 0.306 e. The highest BCUT2D eigenvalue weighted by Crippen LogP contribution is 2.53. The van der Waals surface area contributed by atoms with Crippen LogP contribution in [0.4, 0.5) is 8.78 Å². The summed E-state index contributed by atoms with van der Waals surface area (Å²) in [7, 11) is 0. The van der Waals surface area contributed by atoms with Gasteiger partial charge in [0.25, 0.3) is 12.3 Å². The maximum Gasteiger partial charge on any atom is 0.306 e. The number of hydrogen-bond acceptors (Lipinski definition) is 5. The van der Waals surface area contributed by atoms with E-state index >= 15 is 0 Å². The van der Waals surface area contributed by atoms with Crippen molar-refractivity contribution in [3.8, 4) is 11.6 Å². The monoisotopic (exact) mass is 414 g/mol. The van der Waals surface area contributed by atoms with E-state index in [4.69, 9.17) is 9.63 Å². The molecule has 0 amide bonds. The standard InChI is InChI=1S/C21H20F2N4O3/c1-11-4-2-3-5-14(11)21(6-7-21)20-24-18(30-26-20)15-10-16(17(22)23)27(25-15)13-8-12(9-13)19(28)29/h2-5,10,12-13,17H,6-9H2,1H3,(H,28,29). The van der Waals surface area contributed by atoms with Crippen LogP contribution in [0.5, 0.6) is 0 Å². The number of carboxylic acid groups (broad SMARTS) is 1. The van der Waals surface area contributed by atoms with Gasteiger partial charge in [-0.1, -0.05) is 29.4 Å². The van der Waals surface area contributed by atoms with E-state index < -0.39 is 18.3 Å². The van der Waals surface area contributed by atoms with Gasteiger partial charge in [-0.3, -0.25) is 9.48 Å². The van der Waals surface area contributed by atoms with Gasteiger partial charge < -0.3 is 9.63 Å². The molecule has 7 nitrogen and oxygen atoms in total. The number of alkyl halides is 2. The van der Waals surface area contributed by atoms with Gasteiger partial charge in [0.2, 0.25) is 0 Å². The lowest BCUT2D eigenvalue weighted by atomic mass is 9.80. The van der Waals surface area contributed by atoms with Gasteiger partial charge in [-0.05, 0) is 49.8 Å². The number of carboxylic acids is 1. The van der Waals surface area contributed by atoms with Crippen LogP contribution >= 0.6 is 0 Å². The van der Waals surface area contributed by atoms with E-state index in [2.05, 4.69) is 21.3 Å². The van der Waals surface area contributed by atoms with E-state index in [1.807, 2.05) is 25.1 Å². The molecule has 0 bridgehead atoms. The van der Waals surface area contributed by atoms with E-state index in [-0.39, 0.29) is 41.6 Å². The van der Waals surface area contributed by atoms with Crippen molar-refractivity contribution < 1.29 is 23.2 Å². The number of carbonyl (C=O) groups is 1. The average molecular weight is 414 g/mol. The Morgan fingerprint density at radius 3 is 2.67 bits per heavy atom. The molecule has 5 rings (SSSR count). The third kappa shape index (κ3) is 2.91. The van der Waals surface area contributed by atoms with Gasteiger partial charge in [0, 0.05) is 0 Å². The summed E-state index contributed by atoms with van der Waals surface area (Å²) in [6.07, 6.45) is -0.388. The van der Waals surface area contributed by atoms with Gasteiger partial charge in [-0.2, -0.15) is 10.1 Å². The molecule has 2 aromatic heterocycles. The topological polar surface area (TPSA) is 94.0 Å². The zero-order chi connectivity index (χ0) is 21.0. The molecule has 0 atom stereocenters. The Labute approximate surface area is 170 Å². The summed E-state index contributed by atoms with van der Waals surface area (Å²) in [4.78, 5) is 15.5. The second-order valence-corrected chi connectivity index (χ2v) is 8.18. The highest BCUT2D eigenvalue weighted by Gasteiger charge is 2.50. The summed E-state index contributed by atoms with van der Waals surface area (Å²) in [5.41, 5.74) is 1.90. The second kappa shape index (κ2) is 6.72. The van der Waals surface area contributed by atoms with E-state index in [1.165, 1.54) is 10.7 Å². The molecule has 9 heteroatoms. The number of aryl methyl sites for hydroxylation is 1. The molecular formula is C21H20F2N4O3. The molecule has 0 radical (unpaired) electrons. The molecule has 2 fully saturated rings. The van der Waals surface area contributed by atoms with Crippen molar-refractivity contribution in [3.05, 3.63) is 53.0 Å². The first-order valence-electron chi connectivity index (χ1n) is 9.90. The van der Waals surface area contributed by atoms with Crippen LogP contribution < -0.4 is 0 Å². The first kappa shape index (κ1) is 18.9. The van der Waals surface area contributed by atoms with Gasteiger partial charge in [0.05, 0.1) is 17.4 Å². The van der Waals surface area contributed by atoms with Crippen LogP contribution in [0.15, 0.2) is 34.9 Å². The van der Waals surface area contributed by atoms with Crippen LogP contribution in [0, 0.1) is 12.8 Å². The fourth-order valence-electron chi connectivity index (χ4n) is 4.33. The second-order valence-electron chi connectivity index (χ2n) is 8.18. The number of aromatic nitrogens is 4. The van der Waals surface area contributed by atoms with Crippen molar-refractivity contribution in [2.24, 2.45) is 5.92 Å². The van der Waals surface area contributed by atoms with Gasteiger partial charge >= 0.3 is 5.97 Å². The minimum absolute atomic E-state index is 0.0969. The maximum atomic E-state index is 13.6. The molecule has 2 heterocycles. The number of nitrogens with zero attached hydrogens (tertiary/aromatic N) is 4. The zero-order valence-electron chi connectivity index (χ0n) is 16.3. The summed E-state index contributed by atoms with van der Waals surface area (Å²) in [6.45, 7) is 2.04. The van der Waals surface area contributed by atoms with Crippen LogP contribution in [-0.2, 0) is 10.2 Å². The molecule has 2 saturated carbocycles. The number of benzene rings is 1. The largest absolute Gasteiger partial charge is 0.481 e. The van der Waals surface area contributed by atoms with Crippen molar-refractivity contribution in [1.29, 1.82) is 0 Å². The molecular weight excluding hydrogens is 394 g/mol. The van der Waals surface area contributed by atoms with Crippen molar-refractivity contribution >= 4 is 5.97 Å². The van der Waals surface area contributed by atoms with E-state index in [9.17, 15) is 13.6 Å². The van der Waals surface area contributed by atoms with Crippen LogP contribution in [0.1, 0.15) is 60.8 Å². The Hall–Kier alpha value is -3.10. The van der Waals surface area contributed by atoms with Gasteiger partial charge in [-0.15, -0.1) is 0 Å². The Morgan fingerprint density at radius 1 is 1.30 bits per heavy atom. The molecule has 156 valence electrons. The lowest BCUT2D eigenvalue weighted by molar-refractivity contribution is -0.146. The summed E-state index contributed by atoms with van der Waals surface area (Å²) in [6, 6.07) is 8.93. The molecule has 0 aliphatic heterocycles. The van der Waals surface area contributed by atoms with Crippen LogP contribution in [0.25, 0.3) is 11.6 Å². The van der Waals surface area contributed by atoms with Crippen molar-refractivity contribution in [2.75, 3.05) is 0 Å². The summed E-state index contributed by atoms with van der Waals surface area (Å²) < 4.78 is 33.7. The zero-order valence-corrected chi connectivity index (χ0v) is 16.3. The SMILES string of the molecule is Cc1ccccc1C1(c2noc(-c3cc(C(F)F)n(C4CC(C(=O)O)C4)n3)n2)CC1. The summed E-state index contributed by atoms with van der Waals surface area (Å²) in [5, 5.41) is 17.5. The van der Waals surface area contributed by atoms with E-state index in [1.54, 1.807) is 0 Å². The molecule has 0 saturated heterocycles. The van der Waals surface area contributed by atoms with E-state index in [0.29, 0.717) is 5.82 Å². The van der Waals surface area contributed by atoms with E-state index in [0.717, 1.165) is 24.0 Å². The molecule has 2 aliphatic carbocycles. The number of rotatable bonds is 6. The summed E-state index contributed by atoms with van der Waals surface area (Å²) in [5.74, 6) is -0.800.